The number of carbonyl (C=O) groups excluding carboxylic acids is 1. The molecule has 0 fully saturated rings. The molecule has 2 aromatic carbocycles. The molecule has 0 aliphatic heterocycles. The summed E-state index contributed by atoms with van der Waals surface area (Å²) in [5.41, 5.74) is 1.11. The van der Waals surface area contributed by atoms with Crippen molar-refractivity contribution < 1.29 is 17.9 Å². The topological polar surface area (TPSA) is 76.6 Å². The molecule has 1 heterocycles. The Labute approximate surface area is 172 Å². The van der Waals surface area contributed by atoms with Crippen molar-refractivity contribution in [3.05, 3.63) is 63.8 Å². The van der Waals surface area contributed by atoms with Crippen LogP contribution >= 0.6 is 23.2 Å². The van der Waals surface area contributed by atoms with Crippen LogP contribution in [0.1, 0.15) is 16.1 Å². The molecule has 3 rings (SSSR count). The van der Waals surface area contributed by atoms with E-state index in [0.717, 1.165) is 4.31 Å². The number of sulfonamides is 1. The summed E-state index contributed by atoms with van der Waals surface area (Å²) < 4.78 is 31.1. The number of hydrogen-bond donors (Lipinski definition) is 0. The first-order valence-electron chi connectivity index (χ1n) is 8.11. The number of benzene rings is 2. The number of ether oxygens (including phenoxy) is 1. The molecule has 28 heavy (non-hydrogen) atoms. The molecule has 0 radical (unpaired) electrons. The average molecular weight is 439 g/mol. The van der Waals surface area contributed by atoms with Gasteiger partial charge in [0.05, 0.1) is 20.5 Å². The average Bonchev–Trinajstić information content (AvgIpc) is 2.64. The van der Waals surface area contributed by atoms with Crippen molar-refractivity contribution in [2.45, 2.75) is 11.8 Å². The van der Waals surface area contributed by atoms with Gasteiger partial charge in [0.15, 0.2) is 5.75 Å². The molecule has 0 spiro atoms. The second kappa shape index (κ2) is 7.67. The maximum atomic E-state index is 12.7. The minimum atomic E-state index is -3.69. The fourth-order valence-electron chi connectivity index (χ4n) is 2.53. The van der Waals surface area contributed by atoms with Crippen molar-refractivity contribution in [3.8, 4) is 5.75 Å². The molecule has 6 nitrogen and oxygen atoms in total. The molecule has 0 amide bonds. The first kappa shape index (κ1) is 20.5. The molecule has 0 aliphatic rings. The molecule has 0 bridgehead atoms. The second-order valence-electron chi connectivity index (χ2n) is 6.22. The summed E-state index contributed by atoms with van der Waals surface area (Å²) in [6.45, 7) is 1.79. The predicted octanol–water partition coefficient (Wildman–Crippen LogP) is 4.32. The zero-order valence-electron chi connectivity index (χ0n) is 15.2. The second-order valence-corrected chi connectivity index (χ2v) is 9.19. The number of fused-ring (bicyclic) bond motifs is 1. The maximum Gasteiger partial charge on any atom is 0.343 e. The van der Waals surface area contributed by atoms with Crippen LogP contribution in [0.3, 0.4) is 0 Å². The quantitative estimate of drug-likeness (QED) is 0.447. The van der Waals surface area contributed by atoms with Crippen LogP contribution in [0.2, 0.25) is 10.0 Å². The van der Waals surface area contributed by atoms with Gasteiger partial charge in [-0.1, -0.05) is 29.3 Å². The maximum absolute atomic E-state index is 12.7. The molecule has 146 valence electrons. The lowest BCUT2D eigenvalue weighted by molar-refractivity contribution is 0.0736. The van der Waals surface area contributed by atoms with E-state index in [1.165, 1.54) is 44.4 Å². The SMILES string of the molecule is Cc1ccc2c(Cl)cc(Cl)c(OC(=O)c3cccc(S(=O)(=O)N(C)C)c3)c2n1. The van der Waals surface area contributed by atoms with E-state index in [9.17, 15) is 13.2 Å². The van der Waals surface area contributed by atoms with Crippen molar-refractivity contribution in [1.29, 1.82) is 0 Å². The zero-order chi connectivity index (χ0) is 20.6. The molecule has 0 N–H and O–H groups in total. The predicted molar refractivity (Wildman–Crippen MR) is 109 cm³/mol. The molecular weight excluding hydrogens is 423 g/mol. The Hall–Kier alpha value is -2.19. The molecule has 1 aromatic heterocycles. The molecular formula is C19H16Cl2N2O4S. The van der Waals surface area contributed by atoms with Crippen LogP contribution in [0.15, 0.2) is 47.4 Å². The van der Waals surface area contributed by atoms with Crippen molar-refractivity contribution >= 4 is 50.1 Å². The van der Waals surface area contributed by atoms with Crippen LogP contribution in [0.5, 0.6) is 5.75 Å². The van der Waals surface area contributed by atoms with Crippen LogP contribution in [0, 0.1) is 6.92 Å². The minimum absolute atomic E-state index is 0.0204. The number of rotatable bonds is 4. The lowest BCUT2D eigenvalue weighted by Crippen LogP contribution is -2.22. The molecule has 0 saturated heterocycles. The Morgan fingerprint density at radius 2 is 1.79 bits per heavy atom. The van der Waals surface area contributed by atoms with Gasteiger partial charge in [0.25, 0.3) is 0 Å². The van der Waals surface area contributed by atoms with E-state index in [-0.39, 0.29) is 21.2 Å². The summed E-state index contributed by atoms with van der Waals surface area (Å²) in [6.07, 6.45) is 0. The number of esters is 1. The highest BCUT2D eigenvalue weighted by Crippen LogP contribution is 2.37. The minimum Gasteiger partial charge on any atom is -0.419 e. The number of hydrogen-bond acceptors (Lipinski definition) is 5. The van der Waals surface area contributed by atoms with Gasteiger partial charge in [0, 0.05) is 25.2 Å². The van der Waals surface area contributed by atoms with Gasteiger partial charge in [-0.15, -0.1) is 0 Å². The van der Waals surface area contributed by atoms with E-state index in [0.29, 0.717) is 21.6 Å². The van der Waals surface area contributed by atoms with E-state index in [4.69, 9.17) is 27.9 Å². The van der Waals surface area contributed by atoms with Crippen molar-refractivity contribution in [3.63, 3.8) is 0 Å². The van der Waals surface area contributed by atoms with Crippen molar-refractivity contribution in [2.24, 2.45) is 0 Å². The van der Waals surface area contributed by atoms with Gasteiger partial charge in [-0.05, 0) is 43.3 Å². The Morgan fingerprint density at radius 3 is 2.46 bits per heavy atom. The molecule has 0 aliphatic carbocycles. The van der Waals surface area contributed by atoms with Gasteiger partial charge >= 0.3 is 5.97 Å². The van der Waals surface area contributed by atoms with Gasteiger partial charge in [0.1, 0.15) is 5.52 Å². The molecule has 0 atom stereocenters. The van der Waals surface area contributed by atoms with E-state index < -0.39 is 16.0 Å². The number of nitrogens with zero attached hydrogens (tertiary/aromatic N) is 2. The van der Waals surface area contributed by atoms with Crippen LogP contribution in [-0.2, 0) is 10.0 Å². The number of halogens is 2. The van der Waals surface area contributed by atoms with E-state index in [1.54, 1.807) is 19.1 Å². The van der Waals surface area contributed by atoms with Crippen LogP contribution < -0.4 is 4.74 Å². The lowest BCUT2D eigenvalue weighted by Gasteiger charge is -2.13. The van der Waals surface area contributed by atoms with Gasteiger partial charge in [-0.2, -0.15) is 0 Å². The molecule has 0 saturated carbocycles. The smallest absolute Gasteiger partial charge is 0.343 e. The molecule has 0 unspecified atom stereocenters. The Bertz CT molecular complexity index is 1190. The third kappa shape index (κ3) is 3.84. The van der Waals surface area contributed by atoms with Gasteiger partial charge in [-0.3, -0.25) is 0 Å². The Balaban J connectivity index is 2.04. The van der Waals surface area contributed by atoms with Crippen molar-refractivity contribution in [2.75, 3.05) is 14.1 Å². The van der Waals surface area contributed by atoms with Gasteiger partial charge < -0.3 is 4.74 Å². The van der Waals surface area contributed by atoms with Gasteiger partial charge in [-0.25, -0.2) is 22.5 Å². The Kier molecular flexibility index (Phi) is 5.63. The first-order valence-corrected chi connectivity index (χ1v) is 10.3. The summed E-state index contributed by atoms with van der Waals surface area (Å²) in [5, 5.41) is 1.09. The van der Waals surface area contributed by atoms with E-state index >= 15 is 0 Å². The first-order chi connectivity index (χ1) is 13.1. The Morgan fingerprint density at radius 1 is 1.07 bits per heavy atom. The number of carbonyl (C=O) groups is 1. The summed E-state index contributed by atoms with van der Waals surface area (Å²) in [7, 11) is -0.869. The molecule has 3 aromatic rings. The van der Waals surface area contributed by atoms with Crippen molar-refractivity contribution in [1.82, 2.24) is 9.29 Å². The van der Waals surface area contributed by atoms with E-state index in [2.05, 4.69) is 4.98 Å². The van der Waals surface area contributed by atoms with E-state index in [1.807, 2.05) is 0 Å². The number of pyridine rings is 1. The fraction of sp³-hybridized carbons (Fsp3) is 0.158. The monoisotopic (exact) mass is 438 g/mol. The number of aryl methyl sites for hydroxylation is 1. The standard InChI is InChI=1S/C19H16Cl2N2O4S/c1-11-7-8-14-15(20)10-16(21)18(17(14)22-11)27-19(24)12-5-4-6-13(9-12)28(25,26)23(2)3/h4-10H,1-3H3. The fourth-order valence-corrected chi connectivity index (χ4v) is 4.04. The van der Waals surface area contributed by atoms with Crippen LogP contribution in [0.25, 0.3) is 10.9 Å². The third-order valence-electron chi connectivity index (χ3n) is 4.02. The highest BCUT2D eigenvalue weighted by Gasteiger charge is 2.21. The summed E-state index contributed by atoms with van der Waals surface area (Å²) >= 11 is 12.4. The third-order valence-corrected chi connectivity index (χ3v) is 6.42. The number of aromatic nitrogens is 1. The summed E-state index contributed by atoms with van der Waals surface area (Å²) in [6, 6.07) is 10.6. The largest absolute Gasteiger partial charge is 0.419 e. The van der Waals surface area contributed by atoms with Crippen LogP contribution in [-0.4, -0.2) is 37.8 Å². The normalized spacial score (nSPS) is 11.8. The highest BCUT2D eigenvalue weighted by atomic mass is 35.5. The van der Waals surface area contributed by atoms with Crippen LogP contribution in [0.4, 0.5) is 0 Å². The molecule has 9 heteroatoms. The lowest BCUT2D eigenvalue weighted by atomic mass is 10.2. The highest BCUT2D eigenvalue weighted by molar-refractivity contribution is 7.89. The summed E-state index contributed by atoms with van der Waals surface area (Å²) in [5.74, 6) is -0.694. The summed E-state index contributed by atoms with van der Waals surface area (Å²) in [4.78, 5) is 17.0. The van der Waals surface area contributed by atoms with Gasteiger partial charge in [0.2, 0.25) is 10.0 Å². The zero-order valence-corrected chi connectivity index (χ0v) is 17.6.